The van der Waals surface area contributed by atoms with Gasteiger partial charge in [0, 0.05) is 43.8 Å². The molecule has 1 aliphatic heterocycles. The number of rotatable bonds is 3. The lowest BCUT2D eigenvalue weighted by Gasteiger charge is -2.33. The Labute approximate surface area is 149 Å². The third-order valence-electron chi connectivity index (χ3n) is 4.60. The summed E-state index contributed by atoms with van der Waals surface area (Å²) in [5.74, 6) is 0.475. The van der Waals surface area contributed by atoms with E-state index >= 15 is 0 Å². The first kappa shape index (κ1) is 16.2. The Balaban J connectivity index is 1.51. The summed E-state index contributed by atoms with van der Waals surface area (Å²) in [6.07, 6.45) is 6.78. The van der Waals surface area contributed by atoms with Gasteiger partial charge in [0.15, 0.2) is 5.65 Å². The van der Waals surface area contributed by atoms with Crippen molar-refractivity contribution in [2.24, 2.45) is 0 Å². The summed E-state index contributed by atoms with van der Waals surface area (Å²) in [5.41, 5.74) is 1.34. The first-order chi connectivity index (χ1) is 12.6. The number of H-pyrrole nitrogens is 1. The minimum atomic E-state index is -0.246. The maximum atomic E-state index is 12.7. The highest BCUT2D eigenvalue weighted by Crippen LogP contribution is 2.16. The van der Waals surface area contributed by atoms with Gasteiger partial charge in [0.25, 0.3) is 11.5 Å². The van der Waals surface area contributed by atoms with Gasteiger partial charge in [-0.3, -0.25) is 14.7 Å². The third kappa shape index (κ3) is 3.03. The average Bonchev–Trinajstić information content (AvgIpc) is 3.04. The van der Waals surface area contributed by atoms with Crippen molar-refractivity contribution >= 4 is 17.5 Å². The Morgan fingerprint density at radius 2 is 2.12 bits per heavy atom. The van der Waals surface area contributed by atoms with Gasteiger partial charge in [-0.1, -0.05) is 0 Å². The van der Waals surface area contributed by atoms with Gasteiger partial charge in [0.1, 0.15) is 0 Å². The monoisotopic (exact) mass is 353 g/mol. The van der Waals surface area contributed by atoms with E-state index in [0.29, 0.717) is 29.4 Å². The van der Waals surface area contributed by atoms with Gasteiger partial charge in [0.2, 0.25) is 5.95 Å². The Morgan fingerprint density at radius 1 is 1.31 bits per heavy atom. The second-order valence-electron chi connectivity index (χ2n) is 6.38. The van der Waals surface area contributed by atoms with Gasteiger partial charge in [-0.15, -0.1) is 0 Å². The van der Waals surface area contributed by atoms with E-state index in [9.17, 15) is 9.59 Å². The van der Waals surface area contributed by atoms with E-state index in [1.54, 1.807) is 25.4 Å². The van der Waals surface area contributed by atoms with Crippen LogP contribution in [0.3, 0.4) is 0 Å². The predicted molar refractivity (Wildman–Crippen MR) is 95.3 cm³/mol. The van der Waals surface area contributed by atoms with Crippen LogP contribution < -0.4 is 15.8 Å². The number of aromatic nitrogens is 5. The lowest BCUT2D eigenvalue weighted by molar-refractivity contribution is 0.0931. The van der Waals surface area contributed by atoms with Crippen molar-refractivity contribution in [1.82, 2.24) is 29.9 Å². The Morgan fingerprint density at radius 3 is 2.92 bits per heavy atom. The predicted octanol–water partition coefficient (Wildman–Crippen LogP) is 0.520. The number of hydrogen-bond acceptors (Lipinski definition) is 6. The standard InChI is InChI=1S/C17H19N7O2/c1-11-13(9-20-14-8-15(25)22-24(11)14)16(26)21-12-4-2-7-23(10-12)17-18-5-3-6-19-17/h3,5-6,8-9,12H,2,4,7,10H2,1H3,(H,21,26)(H,22,25)/t12-/m1/s1. The molecule has 0 aliphatic carbocycles. The molecule has 0 bridgehead atoms. The summed E-state index contributed by atoms with van der Waals surface area (Å²) in [6, 6.07) is 3.18. The highest BCUT2D eigenvalue weighted by Gasteiger charge is 2.24. The smallest absolute Gasteiger partial charge is 0.266 e. The minimum Gasteiger partial charge on any atom is -0.347 e. The summed E-state index contributed by atoms with van der Waals surface area (Å²) in [6.45, 7) is 3.31. The highest BCUT2D eigenvalue weighted by molar-refractivity contribution is 5.95. The molecule has 0 unspecified atom stereocenters. The number of anilines is 1. The lowest BCUT2D eigenvalue weighted by atomic mass is 10.1. The van der Waals surface area contributed by atoms with E-state index in [2.05, 4.69) is 30.3 Å². The normalized spacial score (nSPS) is 17.4. The molecule has 9 heteroatoms. The van der Waals surface area contributed by atoms with Crippen molar-refractivity contribution in [2.45, 2.75) is 25.8 Å². The summed E-state index contributed by atoms with van der Waals surface area (Å²) < 4.78 is 1.53. The molecule has 1 atom stereocenters. The number of fused-ring (bicyclic) bond motifs is 1. The zero-order valence-electron chi connectivity index (χ0n) is 14.3. The molecule has 0 saturated carbocycles. The maximum Gasteiger partial charge on any atom is 0.266 e. The van der Waals surface area contributed by atoms with Crippen LogP contribution in [0.2, 0.25) is 0 Å². The average molecular weight is 353 g/mol. The molecule has 134 valence electrons. The number of amides is 1. The fourth-order valence-electron chi connectivity index (χ4n) is 3.29. The number of nitrogens with zero attached hydrogens (tertiary/aromatic N) is 5. The molecule has 4 rings (SSSR count). The number of aryl methyl sites for hydroxylation is 1. The van der Waals surface area contributed by atoms with Gasteiger partial charge in [-0.05, 0) is 25.8 Å². The van der Waals surface area contributed by atoms with Crippen LogP contribution in [0, 0.1) is 6.92 Å². The largest absolute Gasteiger partial charge is 0.347 e. The molecule has 3 aromatic heterocycles. The van der Waals surface area contributed by atoms with E-state index in [1.807, 2.05) is 0 Å². The number of nitrogens with one attached hydrogen (secondary N) is 2. The highest BCUT2D eigenvalue weighted by atomic mass is 16.2. The molecule has 0 spiro atoms. The number of aromatic amines is 1. The molecule has 1 aliphatic rings. The summed E-state index contributed by atoms with van der Waals surface area (Å²) in [5, 5.41) is 5.71. The molecule has 0 aromatic carbocycles. The first-order valence-corrected chi connectivity index (χ1v) is 8.52. The number of carbonyl (C=O) groups excluding carboxylic acids is 1. The van der Waals surface area contributed by atoms with Crippen molar-refractivity contribution in [3.05, 3.63) is 52.3 Å². The zero-order valence-corrected chi connectivity index (χ0v) is 14.3. The van der Waals surface area contributed by atoms with Crippen LogP contribution in [-0.4, -0.2) is 49.6 Å². The molecule has 1 fully saturated rings. The molecule has 26 heavy (non-hydrogen) atoms. The van der Waals surface area contributed by atoms with E-state index in [-0.39, 0.29) is 17.5 Å². The molecule has 9 nitrogen and oxygen atoms in total. The molecular formula is C17H19N7O2. The Kier molecular flexibility index (Phi) is 4.11. The van der Waals surface area contributed by atoms with E-state index < -0.39 is 0 Å². The molecule has 2 N–H and O–H groups in total. The van der Waals surface area contributed by atoms with E-state index in [0.717, 1.165) is 19.4 Å². The van der Waals surface area contributed by atoms with Crippen LogP contribution in [0.15, 0.2) is 35.5 Å². The van der Waals surface area contributed by atoms with Crippen LogP contribution in [0.5, 0.6) is 0 Å². The first-order valence-electron chi connectivity index (χ1n) is 8.52. The summed E-state index contributed by atoms with van der Waals surface area (Å²) >= 11 is 0. The SMILES string of the molecule is Cc1c(C(=O)N[C@@H]2CCCN(c3ncccn3)C2)cnc2cc(=O)[nH]n12. The second kappa shape index (κ2) is 6.58. The van der Waals surface area contributed by atoms with Crippen molar-refractivity contribution in [1.29, 1.82) is 0 Å². The molecule has 0 radical (unpaired) electrons. The molecular weight excluding hydrogens is 334 g/mol. The van der Waals surface area contributed by atoms with Crippen molar-refractivity contribution in [2.75, 3.05) is 18.0 Å². The molecule has 1 saturated heterocycles. The molecule has 4 heterocycles. The van der Waals surface area contributed by atoms with Gasteiger partial charge in [-0.25, -0.2) is 19.5 Å². The summed E-state index contributed by atoms with van der Waals surface area (Å²) in [4.78, 5) is 39.0. The number of piperidine rings is 1. The van der Waals surface area contributed by atoms with Crippen LogP contribution in [0.25, 0.3) is 5.65 Å². The second-order valence-corrected chi connectivity index (χ2v) is 6.38. The summed E-state index contributed by atoms with van der Waals surface area (Å²) in [7, 11) is 0. The van der Waals surface area contributed by atoms with Gasteiger partial charge < -0.3 is 10.2 Å². The Bertz CT molecular complexity index is 995. The zero-order chi connectivity index (χ0) is 18.1. The van der Waals surface area contributed by atoms with Crippen molar-refractivity contribution < 1.29 is 4.79 Å². The van der Waals surface area contributed by atoms with Crippen LogP contribution in [-0.2, 0) is 0 Å². The van der Waals surface area contributed by atoms with Crippen molar-refractivity contribution in [3.63, 3.8) is 0 Å². The number of carbonyl (C=O) groups is 1. The number of hydrogen-bond donors (Lipinski definition) is 2. The third-order valence-corrected chi connectivity index (χ3v) is 4.60. The van der Waals surface area contributed by atoms with Crippen LogP contribution in [0.1, 0.15) is 28.9 Å². The minimum absolute atomic E-state index is 0.00105. The maximum absolute atomic E-state index is 12.7. The van der Waals surface area contributed by atoms with Crippen LogP contribution in [0.4, 0.5) is 5.95 Å². The van der Waals surface area contributed by atoms with E-state index in [4.69, 9.17) is 0 Å². The fourth-order valence-corrected chi connectivity index (χ4v) is 3.29. The van der Waals surface area contributed by atoms with Gasteiger partial charge in [-0.2, -0.15) is 0 Å². The van der Waals surface area contributed by atoms with Crippen molar-refractivity contribution in [3.8, 4) is 0 Å². The quantitative estimate of drug-likeness (QED) is 0.711. The molecule has 3 aromatic rings. The van der Waals surface area contributed by atoms with Gasteiger partial charge in [0.05, 0.1) is 11.3 Å². The fraction of sp³-hybridized carbons (Fsp3) is 0.353. The Hall–Kier alpha value is -3.23. The topological polar surface area (TPSA) is 108 Å². The van der Waals surface area contributed by atoms with Crippen LogP contribution >= 0.6 is 0 Å². The van der Waals surface area contributed by atoms with Gasteiger partial charge >= 0.3 is 0 Å². The lowest BCUT2D eigenvalue weighted by Crippen LogP contribution is -2.48. The molecule has 1 amide bonds. The van der Waals surface area contributed by atoms with E-state index in [1.165, 1.54) is 16.8 Å².